The molecule has 0 aliphatic heterocycles. The molecule has 154 valence electrons. The molecule has 0 saturated heterocycles. The summed E-state index contributed by atoms with van der Waals surface area (Å²) in [6, 6.07) is 27.1. The van der Waals surface area contributed by atoms with E-state index >= 15 is 0 Å². The van der Waals surface area contributed by atoms with Gasteiger partial charge in [-0.1, -0.05) is 85.8 Å². The van der Waals surface area contributed by atoms with Crippen molar-refractivity contribution in [1.29, 1.82) is 0 Å². The number of carbonyl (C=O) groups excluding carboxylic acids is 2. The number of hydrogen-bond acceptors (Lipinski definition) is 2. The predicted octanol–water partition coefficient (Wildman–Crippen LogP) is 5.00. The van der Waals surface area contributed by atoms with Crippen LogP contribution in [-0.4, -0.2) is 29.8 Å². The minimum atomic E-state index is -0.440. The van der Waals surface area contributed by atoms with E-state index in [1.54, 1.807) is 4.90 Å². The third-order valence-corrected chi connectivity index (χ3v) is 5.07. The van der Waals surface area contributed by atoms with Crippen LogP contribution in [0.15, 0.2) is 84.9 Å². The van der Waals surface area contributed by atoms with Gasteiger partial charge in [-0.25, -0.2) is 0 Å². The Morgan fingerprint density at radius 2 is 1.37 bits per heavy atom. The fourth-order valence-electron chi connectivity index (χ4n) is 3.56. The maximum Gasteiger partial charge on any atom is 0.244 e. The lowest BCUT2D eigenvalue weighted by molar-refractivity contribution is -0.135. The summed E-state index contributed by atoms with van der Waals surface area (Å²) in [5.74, 6) is -0.689. The molecule has 0 atom stereocenters. The van der Waals surface area contributed by atoms with Gasteiger partial charge in [0.05, 0.1) is 12.5 Å². The molecule has 0 bridgehead atoms. The Morgan fingerprint density at radius 3 is 1.90 bits per heavy atom. The highest BCUT2D eigenvalue weighted by Crippen LogP contribution is 2.27. The van der Waals surface area contributed by atoms with E-state index in [-0.39, 0.29) is 18.4 Å². The Morgan fingerprint density at radius 1 is 0.833 bits per heavy atom. The maximum absolute atomic E-state index is 13.6. The predicted molar refractivity (Wildman–Crippen MR) is 121 cm³/mol. The highest BCUT2D eigenvalue weighted by molar-refractivity contribution is 5.96. The number of amides is 2. The molecule has 0 spiro atoms. The highest BCUT2D eigenvalue weighted by Gasteiger charge is 2.28. The van der Waals surface area contributed by atoms with Gasteiger partial charge >= 0.3 is 0 Å². The van der Waals surface area contributed by atoms with Crippen molar-refractivity contribution in [3.8, 4) is 0 Å². The summed E-state index contributed by atoms with van der Waals surface area (Å²) in [6.45, 7) is 4.51. The first-order chi connectivity index (χ1) is 14.6. The van der Waals surface area contributed by atoms with E-state index in [2.05, 4.69) is 5.32 Å². The summed E-state index contributed by atoms with van der Waals surface area (Å²) >= 11 is 0. The Kier molecular flexibility index (Phi) is 7.39. The molecule has 30 heavy (non-hydrogen) atoms. The summed E-state index contributed by atoms with van der Waals surface area (Å²) in [5, 5.41) is 2.94. The maximum atomic E-state index is 13.6. The monoisotopic (exact) mass is 400 g/mol. The zero-order valence-electron chi connectivity index (χ0n) is 17.5. The molecule has 3 aromatic rings. The van der Waals surface area contributed by atoms with Crippen molar-refractivity contribution in [3.63, 3.8) is 0 Å². The molecule has 0 saturated carbocycles. The van der Waals surface area contributed by atoms with Crippen molar-refractivity contribution in [1.82, 2.24) is 4.90 Å². The first-order valence-electron chi connectivity index (χ1n) is 10.3. The van der Waals surface area contributed by atoms with Crippen molar-refractivity contribution in [2.45, 2.75) is 26.2 Å². The molecule has 4 nitrogen and oxygen atoms in total. The van der Waals surface area contributed by atoms with E-state index in [1.165, 1.54) is 0 Å². The highest BCUT2D eigenvalue weighted by atomic mass is 16.2. The quantitative estimate of drug-likeness (QED) is 0.578. The van der Waals surface area contributed by atoms with Gasteiger partial charge in [0.2, 0.25) is 11.8 Å². The zero-order valence-corrected chi connectivity index (χ0v) is 17.5. The molecule has 0 radical (unpaired) electrons. The largest absolute Gasteiger partial charge is 0.333 e. The van der Waals surface area contributed by atoms with Gasteiger partial charge in [-0.2, -0.15) is 0 Å². The van der Waals surface area contributed by atoms with E-state index in [0.717, 1.165) is 28.8 Å². The molecular weight excluding hydrogens is 372 g/mol. The van der Waals surface area contributed by atoms with Gasteiger partial charge in [0.15, 0.2) is 0 Å². The Labute approximate surface area is 178 Å². The molecule has 0 aliphatic carbocycles. The second kappa shape index (κ2) is 10.4. The van der Waals surface area contributed by atoms with Crippen LogP contribution in [0.4, 0.5) is 5.69 Å². The van der Waals surface area contributed by atoms with Crippen LogP contribution in [0.5, 0.6) is 0 Å². The average molecular weight is 401 g/mol. The van der Waals surface area contributed by atoms with E-state index in [1.807, 2.05) is 98.8 Å². The summed E-state index contributed by atoms with van der Waals surface area (Å²) in [6.07, 6.45) is 0.777. The van der Waals surface area contributed by atoms with E-state index in [0.29, 0.717) is 6.54 Å². The van der Waals surface area contributed by atoms with Gasteiger partial charge < -0.3 is 10.2 Å². The topological polar surface area (TPSA) is 49.4 Å². The zero-order chi connectivity index (χ0) is 21.3. The summed E-state index contributed by atoms with van der Waals surface area (Å²) < 4.78 is 0. The van der Waals surface area contributed by atoms with Crippen LogP contribution < -0.4 is 5.32 Å². The lowest BCUT2D eigenvalue weighted by Gasteiger charge is -2.27. The SMILES string of the molecule is CCCN(CC(=O)Nc1ccccc1C)C(=O)C(c1ccccc1)c1ccccc1. The third kappa shape index (κ3) is 5.35. The number of para-hydroxylation sites is 1. The van der Waals surface area contributed by atoms with Crippen molar-refractivity contribution in [2.24, 2.45) is 0 Å². The Bertz CT molecular complexity index is 931. The van der Waals surface area contributed by atoms with Crippen molar-refractivity contribution in [2.75, 3.05) is 18.4 Å². The minimum absolute atomic E-state index is 0.0250. The number of carbonyl (C=O) groups is 2. The van der Waals surface area contributed by atoms with Crippen LogP contribution in [0.25, 0.3) is 0 Å². The van der Waals surface area contributed by atoms with E-state index < -0.39 is 5.92 Å². The molecule has 2 amide bonds. The Balaban J connectivity index is 1.84. The summed E-state index contributed by atoms with van der Waals surface area (Å²) in [7, 11) is 0. The molecule has 1 N–H and O–H groups in total. The number of anilines is 1. The lowest BCUT2D eigenvalue weighted by atomic mass is 9.90. The molecule has 3 rings (SSSR count). The third-order valence-electron chi connectivity index (χ3n) is 5.07. The van der Waals surface area contributed by atoms with Crippen LogP contribution in [-0.2, 0) is 9.59 Å². The number of nitrogens with one attached hydrogen (secondary N) is 1. The number of aryl methyl sites for hydroxylation is 1. The standard InChI is InChI=1S/C26H28N2O2/c1-3-18-28(19-24(29)27-23-17-11-10-12-20(23)2)26(30)25(21-13-6-4-7-14-21)22-15-8-5-9-16-22/h4-17,25H,3,18-19H2,1-2H3,(H,27,29). The van der Waals surface area contributed by atoms with Crippen molar-refractivity contribution >= 4 is 17.5 Å². The van der Waals surface area contributed by atoms with Crippen LogP contribution in [0.1, 0.15) is 36.0 Å². The molecule has 0 fully saturated rings. The smallest absolute Gasteiger partial charge is 0.244 e. The number of hydrogen-bond donors (Lipinski definition) is 1. The molecule has 0 aromatic heterocycles. The van der Waals surface area contributed by atoms with Crippen LogP contribution in [0, 0.1) is 6.92 Å². The normalized spacial score (nSPS) is 10.6. The molecule has 4 heteroatoms. The van der Waals surface area contributed by atoms with Crippen LogP contribution in [0.3, 0.4) is 0 Å². The number of benzene rings is 3. The Hall–Kier alpha value is -3.40. The lowest BCUT2D eigenvalue weighted by Crippen LogP contribution is -2.41. The molecule has 0 aliphatic rings. The number of rotatable bonds is 8. The summed E-state index contributed by atoms with van der Waals surface area (Å²) in [5.41, 5.74) is 3.61. The van der Waals surface area contributed by atoms with Crippen LogP contribution in [0.2, 0.25) is 0 Å². The second-order valence-corrected chi connectivity index (χ2v) is 7.38. The fourth-order valence-corrected chi connectivity index (χ4v) is 3.56. The van der Waals surface area contributed by atoms with Gasteiger partial charge in [-0.3, -0.25) is 9.59 Å². The van der Waals surface area contributed by atoms with Gasteiger partial charge in [-0.15, -0.1) is 0 Å². The first-order valence-corrected chi connectivity index (χ1v) is 10.3. The molecule has 0 unspecified atom stereocenters. The van der Waals surface area contributed by atoms with Gasteiger partial charge in [-0.05, 0) is 36.1 Å². The fraction of sp³-hybridized carbons (Fsp3) is 0.231. The first kappa shape index (κ1) is 21.3. The van der Waals surface area contributed by atoms with Crippen LogP contribution >= 0.6 is 0 Å². The van der Waals surface area contributed by atoms with Gasteiger partial charge in [0, 0.05) is 12.2 Å². The van der Waals surface area contributed by atoms with Crippen molar-refractivity contribution < 1.29 is 9.59 Å². The van der Waals surface area contributed by atoms with Crippen molar-refractivity contribution in [3.05, 3.63) is 102 Å². The molecular formula is C26H28N2O2. The van der Waals surface area contributed by atoms with Gasteiger partial charge in [0.25, 0.3) is 0 Å². The van der Waals surface area contributed by atoms with E-state index in [9.17, 15) is 9.59 Å². The average Bonchev–Trinajstić information content (AvgIpc) is 2.77. The number of nitrogens with zero attached hydrogens (tertiary/aromatic N) is 1. The minimum Gasteiger partial charge on any atom is -0.333 e. The van der Waals surface area contributed by atoms with E-state index in [4.69, 9.17) is 0 Å². The molecule has 3 aromatic carbocycles. The second-order valence-electron chi connectivity index (χ2n) is 7.38. The van der Waals surface area contributed by atoms with Gasteiger partial charge in [0.1, 0.15) is 0 Å². The molecule has 0 heterocycles. The summed E-state index contributed by atoms with van der Waals surface area (Å²) in [4.78, 5) is 28.0.